The lowest BCUT2D eigenvalue weighted by atomic mass is 9.91. The predicted molar refractivity (Wildman–Crippen MR) is 162 cm³/mol. The number of carbonyl (C=O) groups is 1. The van der Waals surface area contributed by atoms with Gasteiger partial charge in [0.25, 0.3) is 10.0 Å². The molecule has 1 aliphatic rings. The smallest absolute Gasteiger partial charge is 0.407 e. The third kappa shape index (κ3) is 6.50. The van der Waals surface area contributed by atoms with Crippen LogP contribution in [-0.4, -0.2) is 46.1 Å². The van der Waals surface area contributed by atoms with E-state index in [-0.39, 0.29) is 50.8 Å². The van der Waals surface area contributed by atoms with Gasteiger partial charge in [0.05, 0.1) is 23.2 Å². The standard InChI is InChI=1S/C31H32F2N6O4S/c1-18-9-11-22(12-10-18)44(41,42)39-17-24(23-14-21(34-5)15-25(32)27(23)39)28-35-16-26(33)29(38-28)36-19-7-6-8-20(13-19)37-30(40)43-31(2,3)4/h9-12,14-17,19-20H,6-8,13H2,1-4H3,(H,37,40)(H,35,36,38)/t19-,20+/m1/s1. The third-order valence-electron chi connectivity index (χ3n) is 7.23. The number of ether oxygens (including phenoxy) is 1. The second kappa shape index (κ2) is 11.8. The quantitative estimate of drug-likeness (QED) is 0.229. The van der Waals surface area contributed by atoms with Crippen LogP contribution in [0, 0.1) is 25.1 Å². The number of fused-ring (bicyclic) bond motifs is 1. The number of amides is 1. The molecule has 0 bridgehead atoms. The normalized spacial score (nSPS) is 17.2. The van der Waals surface area contributed by atoms with Crippen LogP contribution < -0.4 is 10.6 Å². The zero-order valence-electron chi connectivity index (χ0n) is 24.7. The van der Waals surface area contributed by atoms with Gasteiger partial charge in [-0.25, -0.2) is 40.8 Å². The molecule has 2 aromatic carbocycles. The van der Waals surface area contributed by atoms with E-state index in [9.17, 15) is 13.2 Å². The Labute approximate surface area is 254 Å². The molecule has 2 N–H and O–H groups in total. The number of nitrogens with zero attached hydrogens (tertiary/aromatic N) is 4. The van der Waals surface area contributed by atoms with Crippen LogP contribution in [0.5, 0.6) is 0 Å². The molecule has 2 atom stereocenters. The number of aromatic nitrogens is 3. The summed E-state index contributed by atoms with van der Waals surface area (Å²) in [5, 5.41) is 6.05. The van der Waals surface area contributed by atoms with Gasteiger partial charge in [-0.15, -0.1) is 0 Å². The lowest BCUT2D eigenvalue weighted by molar-refractivity contribution is 0.0492. The average molecular weight is 623 g/mol. The Bertz CT molecular complexity index is 1880. The number of anilines is 1. The van der Waals surface area contributed by atoms with E-state index in [1.807, 2.05) is 6.92 Å². The number of halogens is 2. The molecule has 0 radical (unpaired) electrons. The fourth-order valence-electron chi connectivity index (χ4n) is 5.24. The van der Waals surface area contributed by atoms with Crippen LogP contribution in [0.25, 0.3) is 27.1 Å². The molecule has 0 spiro atoms. The number of aryl methyl sites for hydroxylation is 1. The molecule has 2 aromatic heterocycles. The van der Waals surface area contributed by atoms with Crippen LogP contribution in [-0.2, 0) is 14.8 Å². The topological polar surface area (TPSA) is 120 Å². The Balaban J connectivity index is 1.50. The molecule has 0 unspecified atom stereocenters. The number of hydrogen-bond acceptors (Lipinski definition) is 7. The minimum Gasteiger partial charge on any atom is -0.444 e. The van der Waals surface area contributed by atoms with Crippen LogP contribution in [0.15, 0.2) is 53.7 Å². The number of carbonyl (C=O) groups excluding carboxylic acids is 1. The molecule has 10 nitrogen and oxygen atoms in total. The lowest BCUT2D eigenvalue weighted by Crippen LogP contribution is -2.44. The summed E-state index contributed by atoms with van der Waals surface area (Å²) in [5.41, 5.74) is -0.0137. The number of hydrogen-bond donors (Lipinski definition) is 2. The van der Waals surface area contributed by atoms with E-state index < -0.39 is 33.4 Å². The second-order valence-corrected chi connectivity index (χ2v) is 13.6. The number of rotatable bonds is 6. The van der Waals surface area contributed by atoms with Crippen molar-refractivity contribution < 1.29 is 26.7 Å². The van der Waals surface area contributed by atoms with Crippen LogP contribution in [0.2, 0.25) is 0 Å². The van der Waals surface area contributed by atoms with Crippen LogP contribution in [0.1, 0.15) is 52.0 Å². The Morgan fingerprint density at radius 1 is 1.11 bits per heavy atom. The van der Waals surface area contributed by atoms with Gasteiger partial charge in [-0.1, -0.05) is 17.7 Å². The Kier molecular flexibility index (Phi) is 8.31. The monoisotopic (exact) mass is 622 g/mol. The molecular formula is C31H32F2N6O4S. The van der Waals surface area contributed by atoms with E-state index in [2.05, 4.69) is 25.4 Å². The minimum atomic E-state index is -4.27. The first-order valence-corrected chi connectivity index (χ1v) is 15.5. The van der Waals surface area contributed by atoms with Gasteiger partial charge in [0.1, 0.15) is 11.4 Å². The van der Waals surface area contributed by atoms with E-state index in [4.69, 9.17) is 11.3 Å². The number of alkyl carbamates (subject to hydrolysis) is 1. The van der Waals surface area contributed by atoms with E-state index in [0.717, 1.165) is 34.6 Å². The van der Waals surface area contributed by atoms with E-state index >= 15 is 8.78 Å². The molecule has 1 aliphatic carbocycles. The Hall–Kier alpha value is -4.57. The maximum Gasteiger partial charge on any atom is 0.407 e. The van der Waals surface area contributed by atoms with E-state index in [1.54, 1.807) is 32.9 Å². The zero-order valence-corrected chi connectivity index (χ0v) is 25.5. The highest BCUT2D eigenvalue weighted by atomic mass is 32.2. The van der Waals surface area contributed by atoms with E-state index in [0.29, 0.717) is 12.8 Å². The first kappa shape index (κ1) is 30.9. The molecule has 1 fully saturated rings. The summed E-state index contributed by atoms with van der Waals surface area (Å²) >= 11 is 0. The second-order valence-electron chi connectivity index (χ2n) is 11.8. The maximum atomic E-state index is 15.4. The van der Waals surface area contributed by atoms with Gasteiger partial charge in [0.15, 0.2) is 23.1 Å². The largest absolute Gasteiger partial charge is 0.444 e. The van der Waals surface area contributed by atoms with Crippen LogP contribution in [0.4, 0.5) is 25.1 Å². The van der Waals surface area contributed by atoms with Crippen LogP contribution in [0.3, 0.4) is 0 Å². The van der Waals surface area contributed by atoms with Gasteiger partial charge in [-0.3, -0.25) is 0 Å². The first-order valence-electron chi connectivity index (χ1n) is 14.1. The summed E-state index contributed by atoms with van der Waals surface area (Å²) < 4.78 is 63.9. The van der Waals surface area contributed by atoms with Crippen molar-refractivity contribution in [3.8, 4) is 11.4 Å². The predicted octanol–water partition coefficient (Wildman–Crippen LogP) is 6.72. The fraction of sp³-hybridized carbons (Fsp3) is 0.355. The minimum absolute atomic E-state index is 0.0482. The number of nitrogens with one attached hydrogen (secondary N) is 2. The molecule has 0 saturated heterocycles. The Morgan fingerprint density at radius 2 is 1.82 bits per heavy atom. The summed E-state index contributed by atoms with van der Waals surface area (Å²) in [7, 11) is -4.27. The zero-order chi connectivity index (χ0) is 31.8. The molecular weight excluding hydrogens is 590 g/mol. The SMILES string of the molecule is [C-]#[N+]c1cc(F)c2c(c1)c(-c1ncc(F)c(N[C@@H]3CCC[C@H](NC(=O)OC(C)(C)C)C3)n1)cn2S(=O)(=O)c1ccc(C)cc1. The molecule has 5 rings (SSSR count). The molecule has 0 aliphatic heterocycles. The summed E-state index contributed by atoms with van der Waals surface area (Å²) in [4.78, 5) is 24.0. The van der Waals surface area contributed by atoms with Gasteiger partial charge < -0.3 is 15.4 Å². The van der Waals surface area contributed by atoms with Crippen molar-refractivity contribution >= 4 is 38.5 Å². The third-order valence-corrected chi connectivity index (χ3v) is 8.91. The van der Waals surface area contributed by atoms with Gasteiger partial charge in [0, 0.05) is 29.2 Å². The highest BCUT2D eigenvalue weighted by Crippen LogP contribution is 2.36. The van der Waals surface area contributed by atoms with Crippen molar-refractivity contribution in [2.45, 2.75) is 76.0 Å². The highest BCUT2D eigenvalue weighted by Gasteiger charge is 2.28. The summed E-state index contributed by atoms with van der Waals surface area (Å²) in [6, 6.07) is 8.00. The van der Waals surface area contributed by atoms with Crippen molar-refractivity contribution in [2.75, 3.05) is 5.32 Å². The number of benzene rings is 2. The molecule has 1 amide bonds. The van der Waals surface area contributed by atoms with Gasteiger partial charge in [-0.05, 0) is 77.6 Å². The van der Waals surface area contributed by atoms with Crippen LogP contribution >= 0.6 is 0 Å². The molecule has 44 heavy (non-hydrogen) atoms. The lowest BCUT2D eigenvalue weighted by Gasteiger charge is -2.31. The highest BCUT2D eigenvalue weighted by molar-refractivity contribution is 7.90. The molecule has 4 aromatic rings. The van der Waals surface area contributed by atoms with Crippen molar-refractivity contribution in [3.05, 3.63) is 77.4 Å². The fourth-order valence-corrected chi connectivity index (χ4v) is 6.62. The summed E-state index contributed by atoms with van der Waals surface area (Å²) in [5.74, 6) is -1.83. The maximum absolute atomic E-state index is 15.4. The van der Waals surface area contributed by atoms with Crippen molar-refractivity contribution in [3.63, 3.8) is 0 Å². The van der Waals surface area contributed by atoms with Crippen molar-refractivity contribution in [2.24, 2.45) is 0 Å². The van der Waals surface area contributed by atoms with Gasteiger partial charge >= 0.3 is 6.09 Å². The molecule has 230 valence electrons. The average Bonchev–Trinajstić information content (AvgIpc) is 3.34. The molecule has 1 saturated carbocycles. The van der Waals surface area contributed by atoms with E-state index in [1.165, 1.54) is 24.4 Å². The molecule has 13 heteroatoms. The molecule has 2 heterocycles. The van der Waals surface area contributed by atoms with Gasteiger partial charge in [0.2, 0.25) is 0 Å². The van der Waals surface area contributed by atoms with Gasteiger partial charge in [-0.2, -0.15) is 0 Å². The van der Waals surface area contributed by atoms with Crippen molar-refractivity contribution in [1.82, 2.24) is 19.3 Å². The first-order chi connectivity index (χ1) is 20.7. The van der Waals surface area contributed by atoms with Crippen molar-refractivity contribution in [1.29, 1.82) is 0 Å². The summed E-state index contributed by atoms with van der Waals surface area (Å²) in [6.45, 7) is 14.5. The Morgan fingerprint density at radius 3 is 2.50 bits per heavy atom. The summed E-state index contributed by atoms with van der Waals surface area (Å²) in [6.07, 6.45) is 4.30.